The zero-order chi connectivity index (χ0) is 15.1. The molecule has 1 aromatic carbocycles. The highest BCUT2D eigenvalue weighted by Gasteiger charge is 2.20. The van der Waals surface area contributed by atoms with E-state index in [9.17, 15) is 0 Å². The molecule has 0 amide bonds. The molecule has 116 valence electrons. The predicted octanol–water partition coefficient (Wildman–Crippen LogP) is 3.39. The van der Waals surface area contributed by atoms with Crippen LogP contribution in [0.5, 0.6) is 0 Å². The van der Waals surface area contributed by atoms with E-state index in [1.54, 1.807) is 7.11 Å². The Morgan fingerprint density at radius 1 is 1.33 bits per heavy atom. The summed E-state index contributed by atoms with van der Waals surface area (Å²) in [5.41, 5.74) is 8.09. The van der Waals surface area contributed by atoms with Gasteiger partial charge in [-0.15, -0.1) is 0 Å². The maximum Gasteiger partial charge on any atom is 0.193 e. The van der Waals surface area contributed by atoms with Gasteiger partial charge < -0.3 is 15.8 Å². The fourth-order valence-electron chi connectivity index (χ4n) is 2.98. The number of anilines is 1. The number of hydrogen-bond acceptors (Lipinski definition) is 2. The molecular weight excluding hydrogens is 262 g/mol. The van der Waals surface area contributed by atoms with Crippen LogP contribution in [-0.2, 0) is 11.3 Å². The molecule has 1 fully saturated rings. The molecule has 0 bridgehead atoms. The first kappa shape index (κ1) is 15.8. The Labute approximate surface area is 127 Å². The van der Waals surface area contributed by atoms with Gasteiger partial charge >= 0.3 is 0 Å². The van der Waals surface area contributed by atoms with Gasteiger partial charge in [-0.3, -0.25) is 4.99 Å². The topological polar surface area (TPSA) is 59.6 Å². The molecule has 4 nitrogen and oxygen atoms in total. The number of nitrogens with zero attached hydrogens (tertiary/aromatic N) is 1. The van der Waals surface area contributed by atoms with Crippen LogP contribution in [0.1, 0.15) is 38.2 Å². The van der Waals surface area contributed by atoms with Gasteiger partial charge in [0.2, 0.25) is 0 Å². The number of ether oxygens (including phenoxy) is 1. The van der Waals surface area contributed by atoms with Crippen molar-refractivity contribution in [2.45, 2.75) is 39.2 Å². The third kappa shape index (κ3) is 4.74. The summed E-state index contributed by atoms with van der Waals surface area (Å²) >= 11 is 0. The van der Waals surface area contributed by atoms with Gasteiger partial charge in [-0.1, -0.05) is 44.4 Å². The number of para-hydroxylation sites is 1. The fourth-order valence-corrected chi connectivity index (χ4v) is 2.98. The molecule has 0 aromatic heterocycles. The minimum absolute atomic E-state index is 0.497. The van der Waals surface area contributed by atoms with E-state index < -0.39 is 0 Å². The molecule has 0 saturated heterocycles. The molecule has 0 aliphatic heterocycles. The van der Waals surface area contributed by atoms with Crippen LogP contribution in [0.4, 0.5) is 5.69 Å². The molecule has 2 rings (SSSR count). The summed E-state index contributed by atoms with van der Waals surface area (Å²) in [5.74, 6) is 1.93. The molecule has 1 aliphatic rings. The summed E-state index contributed by atoms with van der Waals surface area (Å²) < 4.78 is 5.20. The number of nitrogens with one attached hydrogen (secondary N) is 1. The standard InChI is InChI=1S/C17H27N3O/c1-13-7-3-4-8-14(13)11-19-17(18)20-16-10-6-5-9-15(16)12-21-2/h5-6,9-10,13-14H,3-4,7-8,11-12H2,1-2H3,(H3,18,19,20). The van der Waals surface area contributed by atoms with Crippen molar-refractivity contribution in [2.24, 2.45) is 22.6 Å². The van der Waals surface area contributed by atoms with Crippen LogP contribution < -0.4 is 11.1 Å². The lowest BCUT2D eigenvalue weighted by atomic mass is 9.80. The monoisotopic (exact) mass is 289 g/mol. The zero-order valence-corrected chi connectivity index (χ0v) is 13.1. The van der Waals surface area contributed by atoms with Crippen LogP contribution in [0, 0.1) is 11.8 Å². The molecule has 2 atom stereocenters. The lowest BCUT2D eigenvalue weighted by Crippen LogP contribution is -2.26. The van der Waals surface area contributed by atoms with Crippen molar-refractivity contribution >= 4 is 11.6 Å². The Bertz CT molecular complexity index is 473. The molecule has 2 unspecified atom stereocenters. The zero-order valence-electron chi connectivity index (χ0n) is 13.1. The molecule has 0 heterocycles. The van der Waals surface area contributed by atoms with Crippen molar-refractivity contribution in [3.05, 3.63) is 29.8 Å². The first-order chi connectivity index (χ1) is 10.2. The summed E-state index contributed by atoms with van der Waals surface area (Å²) in [5, 5.41) is 3.20. The van der Waals surface area contributed by atoms with Crippen LogP contribution in [-0.4, -0.2) is 19.6 Å². The van der Waals surface area contributed by atoms with E-state index in [1.807, 2.05) is 24.3 Å². The molecule has 3 N–H and O–H groups in total. The highest BCUT2D eigenvalue weighted by atomic mass is 16.5. The van der Waals surface area contributed by atoms with Crippen molar-refractivity contribution in [2.75, 3.05) is 19.0 Å². The first-order valence-electron chi connectivity index (χ1n) is 7.84. The summed E-state index contributed by atoms with van der Waals surface area (Å²) in [6.07, 6.45) is 5.29. The Morgan fingerprint density at radius 2 is 2.10 bits per heavy atom. The number of benzene rings is 1. The maximum absolute atomic E-state index is 6.03. The van der Waals surface area contributed by atoms with Crippen molar-refractivity contribution in [3.63, 3.8) is 0 Å². The van der Waals surface area contributed by atoms with Crippen molar-refractivity contribution in [3.8, 4) is 0 Å². The fraction of sp³-hybridized carbons (Fsp3) is 0.588. The summed E-state index contributed by atoms with van der Waals surface area (Å²) in [6.45, 7) is 3.72. The molecule has 1 aromatic rings. The van der Waals surface area contributed by atoms with Gasteiger partial charge in [-0.25, -0.2) is 0 Å². The number of rotatable bonds is 5. The maximum atomic E-state index is 6.03. The SMILES string of the molecule is COCc1ccccc1NC(N)=NCC1CCCCC1C. The van der Waals surface area contributed by atoms with Crippen molar-refractivity contribution < 1.29 is 4.74 Å². The van der Waals surface area contributed by atoms with Gasteiger partial charge in [0.05, 0.1) is 6.61 Å². The van der Waals surface area contributed by atoms with E-state index in [4.69, 9.17) is 10.5 Å². The Balaban J connectivity index is 1.94. The smallest absolute Gasteiger partial charge is 0.193 e. The first-order valence-corrected chi connectivity index (χ1v) is 7.84. The second-order valence-corrected chi connectivity index (χ2v) is 5.96. The minimum Gasteiger partial charge on any atom is -0.380 e. The number of aliphatic imine (C=N–C) groups is 1. The Kier molecular flexibility index (Phi) is 6.05. The Morgan fingerprint density at radius 3 is 2.86 bits per heavy atom. The quantitative estimate of drug-likeness (QED) is 0.645. The van der Waals surface area contributed by atoms with Gasteiger partial charge in [0, 0.05) is 24.9 Å². The number of hydrogen-bond donors (Lipinski definition) is 2. The second kappa shape index (κ2) is 8.03. The van der Waals surface area contributed by atoms with Crippen LogP contribution in [0.2, 0.25) is 0 Å². The third-order valence-electron chi connectivity index (χ3n) is 4.37. The lowest BCUT2D eigenvalue weighted by molar-refractivity contribution is 0.185. The summed E-state index contributed by atoms with van der Waals surface area (Å²) in [7, 11) is 1.69. The molecule has 21 heavy (non-hydrogen) atoms. The van der Waals surface area contributed by atoms with Gasteiger partial charge in [-0.2, -0.15) is 0 Å². The van der Waals surface area contributed by atoms with Crippen LogP contribution >= 0.6 is 0 Å². The number of methoxy groups -OCH3 is 1. The number of nitrogens with two attached hydrogens (primary N) is 1. The normalized spacial score (nSPS) is 23.0. The molecule has 1 saturated carbocycles. The highest BCUT2D eigenvalue weighted by molar-refractivity contribution is 5.92. The van der Waals surface area contributed by atoms with Gasteiger partial charge in [-0.05, 0) is 24.3 Å². The third-order valence-corrected chi connectivity index (χ3v) is 4.37. The van der Waals surface area contributed by atoms with Gasteiger partial charge in [0.15, 0.2) is 5.96 Å². The van der Waals surface area contributed by atoms with E-state index in [2.05, 4.69) is 17.2 Å². The molecular formula is C17H27N3O. The van der Waals surface area contributed by atoms with Gasteiger partial charge in [0.25, 0.3) is 0 Å². The van der Waals surface area contributed by atoms with E-state index in [0.717, 1.165) is 23.7 Å². The average Bonchev–Trinajstić information content (AvgIpc) is 2.49. The molecule has 1 aliphatic carbocycles. The van der Waals surface area contributed by atoms with Crippen LogP contribution in [0.15, 0.2) is 29.3 Å². The summed E-state index contributed by atoms with van der Waals surface area (Å²) in [4.78, 5) is 4.54. The highest BCUT2D eigenvalue weighted by Crippen LogP contribution is 2.29. The van der Waals surface area contributed by atoms with Crippen molar-refractivity contribution in [1.82, 2.24) is 0 Å². The largest absolute Gasteiger partial charge is 0.380 e. The van der Waals surface area contributed by atoms with Gasteiger partial charge in [0.1, 0.15) is 0 Å². The molecule has 0 radical (unpaired) electrons. The number of guanidine groups is 1. The Hall–Kier alpha value is -1.55. The lowest BCUT2D eigenvalue weighted by Gasteiger charge is -2.27. The van der Waals surface area contributed by atoms with Crippen LogP contribution in [0.25, 0.3) is 0 Å². The van der Waals surface area contributed by atoms with Crippen molar-refractivity contribution in [1.29, 1.82) is 0 Å². The van der Waals surface area contributed by atoms with Crippen LogP contribution in [0.3, 0.4) is 0 Å². The van der Waals surface area contributed by atoms with E-state index in [1.165, 1.54) is 25.7 Å². The van der Waals surface area contributed by atoms with E-state index in [-0.39, 0.29) is 0 Å². The van der Waals surface area contributed by atoms with E-state index in [0.29, 0.717) is 18.5 Å². The predicted molar refractivity (Wildman–Crippen MR) is 88.4 cm³/mol. The summed E-state index contributed by atoms with van der Waals surface area (Å²) in [6, 6.07) is 8.01. The minimum atomic E-state index is 0.497. The molecule has 0 spiro atoms. The second-order valence-electron chi connectivity index (χ2n) is 5.96. The average molecular weight is 289 g/mol. The molecule has 4 heteroatoms. The van der Waals surface area contributed by atoms with E-state index >= 15 is 0 Å².